The lowest BCUT2D eigenvalue weighted by molar-refractivity contribution is 0.0602. The van der Waals surface area contributed by atoms with Crippen molar-refractivity contribution in [2.75, 3.05) is 32.7 Å². The van der Waals surface area contributed by atoms with Crippen molar-refractivity contribution in [1.29, 1.82) is 0 Å². The van der Waals surface area contributed by atoms with E-state index in [0.29, 0.717) is 13.1 Å². The highest BCUT2D eigenvalue weighted by molar-refractivity contribution is 5.39. The Morgan fingerprint density at radius 2 is 1.84 bits per heavy atom. The van der Waals surface area contributed by atoms with Gasteiger partial charge in [-0.05, 0) is 18.2 Å². The molecule has 7 nitrogen and oxygen atoms in total. The lowest BCUT2D eigenvalue weighted by Gasteiger charge is -2.35. The second-order valence-corrected chi connectivity index (χ2v) is 6.66. The molecule has 3 aromatic heterocycles. The maximum Gasteiger partial charge on any atom is 0.137 e. The van der Waals surface area contributed by atoms with Crippen LogP contribution >= 0.6 is 0 Å². The predicted molar refractivity (Wildman–Crippen MR) is 95.1 cm³/mol. The molecule has 0 bridgehead atoms. The fraction of sp³-hybridized carbons (Fsp3) is 0.444. The molecule has 0 unspecified atom stereocenters. The standard InChI is InChI=1S/C18H24N6O/c25-17(15-24-7-3-5-19-24)14-22-10-8-21(9-11-22)12-16-13-23-6-2-1-4-18(23)20-16/h1-7,13,17,25H,8-12,14-15H2/t17-/m0/s1. The van der Waals surface area contributed by atoms with E-state index in [-0.39, 0.29) is 6.10 Å². The number of aliphatic hydroxyl groups excluding tert-OH is 1. The second kappa shape index (κ2) is 7.35. The van der Waals surface area contributed by atoms with Crippen LogP contribution in [0.15, 0.2) is 49.1 Å². The van der Waals surface area contributed by atoms with Gasteiger partial charge in [-0.25, -0.2) is 4.98 Å². The molecule has 0 amide bonds. The topological polar surface area (TPSA) is 61.8 Å². The average Bonchev–Trinajstić information content (AvgIpc) is 3.25. The SMILES string of the molecule is O[C@@H](CN1CCN(Cc2cn3ccccc3n2)CC1)Cn1cccn1. The Hall–Kier alpha value is -2.22. The van der Waals surface area contributed by atoms with Gasteiger partial charge in [0.05, 0.1) is 18.3 Å². The normalized spacial score (nSPS) is 18.0. The average molecular weight is 340 g/mol. The number of aliphatic hydroxyl groups is 1. The van der Waals surface area contributed by atoms with Crippen molar-refractivity contribution in [2.24, 2.45) is 0 Å². The maximum absolute atomic E-state index is 10.2. The molecule has 1 aliphatic heterocycles. The maximum atomic E-state index is 10.2. The first-order chi connectivity index (χ1) is 12.3. The van der Waals surface area contributed by atoms with Crippen LogP contribution in [-0.4, -0.2) is 72.9 Å². The zero-order valence-electron chi connectivity index (χ0n) is 14.3. The molecule has 4 rings (SSSR count). The first-order valence-electron chi connectivity index (χ1n) is 8.79. The van der Waals surface area contributed by atoms with Gasteiger partial charge < -0.3 is 9.51 Å². The molecule has 0 aliphatic carbocycles. The number of pyridine rings is 1. The number of aromatic nitrogens is 4. The summed E-state index contributed by atoms with van der Waals surface area (Å²) in [5, 5.41) is 14.4. The summed E-state index contributed by atoms with van der Waals surface area (Å²) in [4.78, 5) is 9.43. The minimum Gasteiger partial charge on any atom is -0.390 e. The minimum absolute atomic E-state index is 0.384. The van der Waals surface area contributed by atoms with E-state index in [9.17, 15) is 5.11 Å². The Kier molecular flexibility index (Phi) is 4.78. The molecule has 1 N–H and O–H groups in total. The number of nitrogens with zero attached hydrogens (tertiary/aromatic N) is 6. The zero-order valence-corrected chi connectivity index (χ0v) is 14.3. The molecule has 1 atom stereocenters. The van der Waals surface area contributed by atoms with Gasteiger partial charge in [-0.15, -0.1) is 0 Å². The van der Waals surface area contributed by atoms with Gasteiger partial charge in [0.15, 0.2) is 0 Å². The summed E-state index contributed by atoms with van der Waals surface area (Å²) >= 11 is 0. The van der Waals surface area contributed by atoms with Crippen LogP contribution in [-0.2, 0) is 13.1 Å². The first-order valence-corrected chi connectivity index (χ1v) is 8.79. The number of imidazole rings is 1. The van der Waals surface area contributed by atoms with Gasteiger partial charge in [0, 0.05) is 64.1 Å². The molecular weight excluding hydrogens is 316 g/mol. The van der Waals surface area contributed by atoms with Crippen LogP contribution in [0.1, 0.15) is 5.69 Å². The highest BCUT2D eigenvalue weighted by Crippen LogP contribution is 2.10. The summed E-state index contributed by atoms with van der Waals surface area (Å²) in [7, 11) is 0. The van der Waals surface area contributed by atoms with Crippen molar-refractivity contribution in [3.8, 4) is 0 Å². The van der Waals surface area contributed by atoms with Gasteiger partial charge in [-0.2, -0.15) is 5.10 Å². The molecule has 0 spiro atoms. The molecule has 0 aromatic carbocycles. The Bertz CT molecular complexity index is 758. The fourth-order valence-electron chi connectivity index (χ4n) is 3.40. The highest BCUT2D eigenvalue weighted by atomic mass is 16.3. The molecule has 132 valence electrons. The zero-order chi connectivity index (χ0) is 17.1. The number of β-amino-alcohol motifs (C(OH)–C–C–N with tert-alkyl or cyclic N) is 1. The van der Waals surface area contributed by atoms with E-state index in [1.165, 1.54) is 0 Å². The summed E-state index contributed by atoms with van der Waals surface area (Å²) < 4.78 is 3.85. The molecule has 4 heterocycles. The van der Waals surface area contributed by atoms with Crippen molar-refractivity contribution >= 4 is 5.65 Å². The van der Waals surface area contributed by atoms with Crippen molar-refractivity contribution in [2.45, 2.75) is 19.2 Å². The molecule has 7 heteroatoms. The molecule has 0 saturated carbocycles. The number of piperazine rings is 1. The van der Waals surface area contributed by atoms with E-state index >= 15 is 0 Å². The number of hydrogen-bond acceptors (Lipinski definition) is 5. The van der Waals surface area contributed by atoms with Crippen LogP contribution in [0.2, 0.25) is 0 Å². The molecular formula is C18H24N6O. The van der Waals surface area contributed by atoms with Crippen LogP contribution in [0.3, 0.4) is 0 Å². The van der Waals surface area contributed by atoms with E-state index in [1.807, 2.05) is 36.7 Å². The van der Waals surface area contributed by atoms with Gasteiger partial charge in [0.2, 0.25) is 0 Å². The van der Waals surface area contributed by atoms with E-state index in [4.69, 9.17) is 0 Å². The summed E-state index contributed by atoms with van der Waals surface area (Å²) in [6.07, 6.45) is 7.38. The quantitative estimate of drug-likeness (QED) is 0.716. The Labute approximate surface area is 147 Å². The third-order valence-electron chi connectivity index (χ3n) is 4.69. The van der Waals surface area contributed by atoms with E-state index in [2.05, 4.69) is 30.5 Å². The molecule has 1 saturated heterocycles. The van der Waals surface area contributed by atoms with E-state index < -0.39 is 0 Å². The molecule has 25 heavy (non-hydrogen) atoms. The molecule has 1 fully saturated rings. The highest BCUT2D eigenvalue weighted by Gasteiger charge is 2.20. The minimum atomic E-state index is -0.384. The van der Waals surface area contributed by atoms with Gasteiger partial charge in [0.1, 0.15) is 5.65 Å². The predicted octanol–water partition coefficient (Wildman–Crippen LogP) is 0.709. The summed E-state index contributed by atoms with van der Waals surface area (Å²) in [5.41, 5.74) is 2.11. The van der Waals surface area contributed by atoms with Gasteiger partial charge in [0.25, 0.3) is 0 Å². The van der Waals surface area contributed by atoms with Crippen LogP contribution in [0.25, 0.3) is 5.65 Å². The lowest BCUT2D eigenvalue weighted by Crippen LogP contribution is -2.48. The van der Waals surface area contributed by atoms with Crippen molar-refractivity contribution < 1.29 is 5.11 Å². The van der Waals surface area contributed by atoms with Gasteiger partial charge >= 0.3 is 0 Å². The van der Waals surface area contributed by atoms with Crippen LogP contribution in [0, 0.1) is 0 Å². The van der Waals surface area contributed by atoms with Gasteiger partial charge in [-0.3, -0.25) is 14.5 Å². The first kappa shape index (κ1) is 16.3. The fourth-order valence-corrected chi connectivity index (χ4v) is 3.40. The number of fused-ring (bicyclic) bond motifs is 1. The second-order valence-electron chi connectivity index (χ2n) is 6.66. The van der Waals surface area contributed by atoms with Crippen molar-refractivity contribution in [3.05, 3.63) is 54.7 Å². The smallest absolute Gasteiger partial charge is 0.137 e. The van der Waals surface area contributed by atoms with Crippen molar-refractivity contribution in [1.82, 2.24) is 29.0 Å². The number of rotatable bonds is 6. The van der Waals surface area contributed by atoms with Gasteiger partial charge in [-0.1, -0.05) is 6.07 Å². The Balaban J connectivity index is 1.25. The Morgan fingerprint density at radius 1 is 1.00 bits per heavy atom. The number of hydrogen-bond donors (Lipinski definition) is 1. The molecule has 3 aromatic rings. The van der Waals surface area contributed by atoms with Crippen molar-refractivity contribution in [3.63, 3.8) is 0 Å². The van der Waals surface area contributed by atoms with Crippen LogP contribution in [0.4, 0.5) is 0 Å². The van der Waals surface area contributed by atoms with Crippen LogP contribution < -0.4 is 0 Å². The lowest BCUT2D eigenvalue weighted by atomic mass is 10.2. The molecule has 1 aliphatic rings. The summed E-state index contributed by atoms with van der Waals surface area (Å²) in [6, 6.07) is 7.94. The van der Waals surface area contributed by atoms with Crippen LogP contribution in [0.5, 0.6) is 0 Å². The molecule has 0 radical (unpaired) electrons. The van der Waals surface area contributed by atoms with E-state index in [1.54, 1.807) is 10.9 Å². The summed E-state index contributed by atoms with van der Waals surface area (Å²) in [6.45, 7) is 6.08. The summed E-state index contributed by atoms with van der Waals surface area (Å²) in [5.74, 6) is 0. The third-order valence-corrected chi connectivity index (χ3v) is 4.69. The van der Waals surface area contributed by atoms with E-state index in [0.717, 1.165) is 44.1 Å². The monoisotopic (exact) mass is 340 g/mol. The third kappa shape index (κ3) is 4.07. The Morgan fingerprint density at radius 3 is 2.60 bits per heavy atom. The largest absolute Gasteiger partial charge is 0.390 e.